The van der Waals surface area contributed by atoms with E-state index in [1.165, 1.54) is 12.8 Å². The Morgan fingerprint density at radius 3 is 3.10 bits per heavy atom. The van der Waals surface area contributed by atoms with Gasteiger partial charge in [0.25, 0.3) is 0 Å². The van der Waals surface area contributed by atoms with E-state index in [4.69, 9.17) is 0 Å². The van der Waals surface area contributed by atoms with E-state index in [2.05, 4.69) is 42.5 Å². The highest BCUT2D eigenvalue weighted by atomic mass is 15.4. The van der Waals surface area contributed by atoms with Gasteiger partial charge in [-0.05, 0) is 12.8 Å². The summed E-state index contributed by atoms with van der Waals surface area (Å²) in [5.41, 5.74) is 1.04. The number of rotatable bonds is 6. The highest BCUT2D eigenvalue weighted by Crippen LogP contribution is 2.18. The van der Waals surface area contributed by atoms with Gasteiger partial charge < -0.3 is 9.88 Å². The molecule has 7 heteroatoms. The predicted octanol–water partition coefficient (Wildman–Crippen LogP) is 0.242. The second-order valence-electron chi connectivity index (χ2n) is 5.94. The van der Waals surface area contributed by atoms with Gasteiger partial charge in [0, 0.05) is 50.8 Å². The predicted molar refractivity (Wildman–Crippen MR) is 77.4 cm³/mol. The number of aromatic nitrogens is 5. The molecule has 2 aromatic rings. The first-order valence-corrected chi connectivity index (χ1v) is 7.71. The van der Waals surface area contributed by atoms with Crippen molar-refractivity contribution in [3.8, 4) is 0 Å². The van der Waals surface area contributed by atoms with Crippen LogP contribution in [-0.4, -0.2) is 48.6 Å². The van der Waals surface area contributed by atoms with Crippen LogP contribution in [0.15, 0.2) is 18.6 Å². The first kappa shape index (κ1) is 13.0. The van der Waals surface area contributed by atoms with Gasteiger partial charge >= 0.3 is 0 Å². The quantitative estimate of drug-likeness (QED) is 0.825. The van der Waals surface area contributed by atoms with E-state index in [-0.39, 0.29) is 0 Å². The van der Waals surface area contributed by atoms with Gasteiger partial charge in [0.2, 0.25) is 0 Å². The minimum absolute atomic E-state index is 0.715. The topological polar surface area (TPSA) is 63.8 Å². The fourth-order valence-corrected chi connectivity index (χ4v) is 2.72. The summed E-state index contributed by atoms with van der Waals surface area (Å²) in [5, 5.41) is 11.9. The Morgan fingerprint density at radius 2 is 2.19 bits per heavy atom. The zero-order chi connectivity index (χ0) is 14.1. The van der Waals surface area contributed by atoms with Crippen molar-refractivity contribution in [3.05, 3.63) is 30.1 Å². The Kier molecular flexibility index (Phi) is 3.44. The molecule has 2 aliphatic rings. The zero-order valence-electron chi connectivity index (χ0n) is 12.1. The number of nitrogens with zero attached hydrogens (tertiary/aromatic N) is 6. The summed E-state index contributed by atoms with van der Waals surface area (Å²) in [6.07, 6.45) is 8.61. The molecule has 1 aliphatic carbocycles. The molecule has 0 saturated heterocycles. The van der Waals surface area contributed by atoms with Crippen LogP contribution in [-0.2, 0) is 26.2 Å². The van der Waals surface area contributed by atoms with Gasteiger partial charge in [-0.1, -0.05) is 5.21 Å². The molecule has 0 spiro atoms. The van der Waals surface area contributed by atoms with Crippen molar-refractivity contribution in [3.63, 3.8) is 0 Å². The van der Waals surface area contributed by atoms with Crippen LogP contribution in [0.5, 0.6) is 0 Å². The Balaban J connectivity index is 1.27. The third-order valence-corrected chi connectivity index (χ3v) is 4.20. The van der Waals surface area contributed by atoms with Gasteiger partial charge in [0.15, 0.2) is 0 Å². The molecular formula is C14H21N7. The zero-order valence-corrected chi connectivity index (χ0v) is 12.1. The first-order chi connectivity index (χ1) is 10.4. The molecule has 4 rings (SSSR count). The van der Waals surface area contributed by atoms with Crippen molar-refractivity contribution >= 4 is 0 Å². The SMILES string of the molecule is c1cn2c(n1)CN(CCn1cc(CNC3CC3)nn1)CC2. The molecule has 1 saturated carbocycles. The standard InChI is InChI=1S/C14H21N7/c1-2-12(1)16-9-13-10-21(18-17-13)8-6-19-5-7-20-4-3-15-14(20)11-19/h3-4,10,12,16H,1-2,5-9,11H2. The molecule has 21 heavy (non-hydrogen) atoms. The van der Waals surface area contributed by atoms with E-state index in [1.807, 2.05) is 10.9 Å². The summed E-state index contributed by atoms with van der Waals surface area (Å²) in [6, 6.07) is 0.715. The molecule has 0 radical (unpaired) electrons. The minimum Gasteiger partial charge on any atom is -0.333 e. The molecule has 0 bridgehead atoms. The van der Waals surface area contributed by atoms with Crippen LogP contribution in [0.3, 0.4) is 0 Å². The van der Waals surface area contributed by atoms with Crippen molar-refractivity contribution in [2.75, 3.05) is 13.1 Å². The maximum absolute atomic E-state index is 4.39. The molecule has 0 atom stereocenters. The van der Waals surface area contributed by atoms with E-state index in [9.17, 15) is 0 Å². The van der Waals surface area contributed by atoms with Crippen molar-refractivity contribution in [2.24, 2.45) is 0 Å². The maximum Gasteiger partial charge on any atom is 0.122 e. The Bertz CT molecular complexity index is 598. The lowest BCUT2D eigenvalue weighted by molar-refractivity contribution is 0.206. The van der Waals surface area contributed by atoms with E-state index in [0.29, 0.717) is 6.04 Å². The molecule has 0 aromatic carbocycles. The minimum atomic E-state index is 0.715. The van der Waals surface area contributed by atoms with E-state index >= 15 is 0 Å². The number of nitrogens with one attached hydrogen (secondary N) is 1. The molecule has 1 aliphatic heterocycles. The smallest absolute Gasteiger partial charge is 0.122 e. The molecule has 1 N–H and O–H groups in total. The lowest BCUT2D eigenvalue weighted by Gasteiger charge is -2.27. The number of imidazole rings is 1. The molecule has 112 valence electrons. The third kappa shape index (κ3) is 3.14. The van der Waals surface area contributed by atoms with Crippen LogP contribution in [0.2, 0.25) is 0 Å². The third-order valence-electron chi connectivity index (χ3n) is 4.20. The van der Waals surface area contributed by atoms with E-state index in [0.717, 1.165) is 50.8 Å². The summed E-state index contributed by atoms with van der Waals surface area (Å²) >= 11 is 0. The maximum atomic E-state index is 4.39. The van der Waals surface area contributed by atoms with Gasteiger partial charge in [-0.3, -0.25) is 9.58 Å². The lowest BCUT2D eigenvalue weighted by atomic mass is 10.3. The molecule has 3 heterocycles. The molecule has 0 amide bonds. The van der Waals surface area contributed by atoms with Crippen molar-refractivity contribution in [1.29, 1.82) is 0 Å². The summed E-state index contributed by atoms with van der Waals surface area (Å²) in [5.74, 6) is 1.16. The van der Waals surface area contributed by atoms with Gasteiger partial charge in [0.05, 0.1) is 18.8 Å². The van der Waals surface area contributed by atoms with Gasteiger partial charge in [-0.15, -0.1) is 5.10 Å². The largest absolute Gasteiger partial charge is 0.333 e. The van der Waals surface area contributed by atoms with E-state index < -0.39 is 0 Å². The van der Waals surface area contributed by atoms with Crippen LogP contribution in [0.25, 0.3) is 0 Å². The van der Waals surface area contributed by atoms with Gasteiger partial charge in [0.1, 0.15) is 5.82 Å². The highest BCUT2D eigenvalue weighted by molar-refractivity contribution is 4.96. The number of fused-ring (bicyclic) bond motifs is 1. The Hall–Kier alpha value is -1.73. The second-order valence-corrected chi connectivity index (χ2v) is 5.94. The number of hydrogen-bond acceptors (Lipinski definition) is 5. The molecule has 0 unspecified atom stereocenters. The van der Waals surface area contributed by atoms with Crippen molar-refractivity contribution in [2.45, 2.75) is 45.1 Å². The first-order valence-electron chi connectivity index (χ1n) is 7.71. The van der Waals surface area contributed by atoms with Crippen LogP contribution < -0.4 is 5.32 Å². The van der Waals surface area contributed by atoms with Crippen LogP contribution in [0.1, 0.15) is 24.4 Å². The molecule has 2 aromatic heterocycles. The molecular weight excluding hydrogens is 266 g/mol. The highest BCUT2D eigenvalue weighted by Gasteiger charge is 2.20. The second kappa shape index (κ2) is 5.57. The fraction of sp³-hybridized carbons (Fsp3) is 0.643. The molecule has 7 nitrogen and oxygen atoms in total. The summed E-state index contributed by atoms with van der Waals surface area (Å²) in [7, 11) is 0. The Labute approximate surface area is 124 Å². The normalized spacial score (nSPS) is 18.9. The Morgan fingerprint density at radius 1 is 1.24 bits per heavy atom. The summed E-state index contributed by atoms with van der Waals surface area (Å²) in [4.78, 5) is 6.81. The summed E-state index contributed by atoms with van der Waals surface area (Å²) in [6.45, 7) is 5.75. The van der Waals surface area contributed by atoms with Crippen LogP contribution in [0, 0.1) is 0 Å². The van der Waals surface area contributed by atoms with Gasteiger partial charge in [-0.25, -0.2) is 4.98 Å². The van der Waals surface area contributed by atoms with Crippen molar-refractivity contribution < 1.29 is 0 Å². The fourth-order valence-electron chi connectivity index (χ4n) is 2.72. The molecule has 1 fully saturated rings. The lowest BCUT2D eigenvalue weighted by Crippen LogP contribution is -2.35. The monoisotopic (exact) mass is 287 g/mol. The van der Waals surface area contributed by atoms with Gasteiger partial charge in [-0.2, -0.15) is 0 Å². The average Bonchev–Trinajstić information content (AvgIpc) is 3.04. The van der Waals surface area contributed by atoms with E-state index in [1.54, 1.807) is 0 Å². The summed E-state index contributed by atoms with van der Waals surface area (Å²) < 4.78 is 4.18. The van der Waals surface area contributed by atoms with Crippen molar-refractivity contribution in [1.82, 2.24) is 34.8 Å². The van der Waals surface area contributed by atoms with Crippen LogP contribution in [0.4, 0.5) is 0 Å². The average molecular weight is 287 g/mol. The van der Waals surface area contributed by atoms with Crippen LogP contribution >= 0.6 is 0 Å². The number of hydrogen-bond donors (Lipinski definition) is 1.